The first-order valence-electron chi connectivity index (χ1n) is 6.93. The molecule has 22 heavy (non-hydrogen) atoms. The number of aromatic nitrogens is 1. The van der Waals surface area contributed by atoms with E-state index in [2.05, 4.69) is 15.6 Å². The van der Waals surface area contributed by atoms with Crippen LogP contribution in [0.5, 0.6) is 11.5 Å². The van der Waals surface area contributed by atoms with Gasteiger partial charge in [-0.3, -0.25) is 0 Å². The number of thiocarbonyl (C=S) groups is 1. The van der Waals surface area contributed by atoms with Gasteiger partial charge in [0.2, 0.25) is 0 Å². The summed E-state index contributed by atoms with van der Waals surface area (Å²) in [6, 6.07) is 13.3. The maximum absolute atomic E-state index is 5.67. The Morgan fingerprint density at radius 2 is 2.00 bits per heavy atom. The first-order chi connectivity index (χ1) is 10.7. The fourth-order valence-electron chi connectivity index (χ4n) is 1.80. The molecule has 0 saturated carbocycles. The highest BCUT2D eigenvalue weighted by molar-refractivity contribution is 7.80. The molecule has 0 amide bonds. The van der Waals surface area contributed by atoms with E-state index in [1.165, 1.54) is 0 Å². The SMILES string of the molecule is COc1cccnc1NC(=S)N[C@@H](C)COc1ccccc1. The van der Waals surface area contributed by atoms with Crippen molar-refractivity contribution >= 4 is 23.1 Å². The summed E-state index contributed by atoms with van der Waals surface area (Å²) in [4.78, 5) is 4.20. The van der Waals surface area contributed by atoms with Gasteiger partial charge in [-0.1, -0.05) is 18.2 Å². The van der Waals surface area contributed by atoms with Crippen LogP contribution < -0.4 is 20.1 Å². The summed E-state index contributed by atoms with van der Waals surface area (Å²) < 4.78 is 10.9. The molecule has 6 heteroatoms. The van der Waals surface area contributed by atoms with Crippen LogP contribution in [0, 0.1) is 0 Å². The molecule has 2 aromatic rings. The quantitative estimate of drug-likeness (QED) is 0.799. The average Bonchev–Trinajstić information content (AvgIpc) is 2.54. The molecule has 0 saturated heterocycles. The molecule has 0 unspecified atom stereocenters. The van der Waals surface area contributed by atoms with E-state index >= 15 is 0 Å². The van der Waals surface area contributed by atoms with Crippen molar-refractivity contribution in [2.45, 2.75) is 13.0 Å². The first kappa shape index (κ1) is 16.0. The Morgan fingerprint density at radius 1 is 1.23 bits per heavy atom. The Bertz CT molecular complexity index is 607. The van der Waals surface area contributed by atoms with Crippen LogP contribution in [-0.4, -0.2) is 29.9 Å². The maximum atomic E-state index is 5.67. The van der Waals surface area contributed by atoms with Crippen molar-refractivity contribution in [3.63, 3.8) is 0 Å². The van der Waals surface area contributed by atoms with Crippen LogP contribution in [-0.2, 0) is 0 Å². The van der Waals surface area contributed by atoms with E-state index < -0.39 is 0 Å². The van der Waals surface area contributed by atoms with Crippen LogP contribution in [0.15, 0.2) is 48.7 Å². The molecule has 1 aromatic carbocycles. The third-order valence-corrected chi connectivity index (χ3v) is 3.06. The van der Waals surface area contributed by atoms with Gasteiger partial charge in [-0.25, -0.2) is 4.98 Å². The molecule has 1 atom stereocenters. The largest absolute Gasteiger partial charge is 0.493 e. The molecule has 0 spiro atoms. The molecule has 0 bridgehead atoms. The molecule has 0 aliphatic rings. The van der Waals surface area contributed by atoms with Gasteiger partial charge in [0, 0.05) is 6.20 Å². The maximum Gasteiger partial charge on any atom is 0.174 e. The number of nitrogens with zero attached hydrogens (tertiary/aromatic N) is 1. The summed E-state index contributed by atoms with van der Waals surface area (Å²) in [6.45, 7) is 2.50. The Hall–Kier alpha value is -2.34. The molecule has 2 N–H and O–H groups in total. The van der Waals surface area contributed by atoms with Gasteiger partial charge in [0.1, 0.15) is 12.4 Å². The molecule has 0 radical (unpaired) electrons. The van der Waals surface area contributed by atoms with Crippen LogP contribution in [0.2, 0.25) is 0 Å². The lowest BCUT2D eigenvalue weighted by molar-refractivity contribution is 0.287. The Balaban J connectivity index is 1.81. The van der Waals surface area contributed by atoms with Gasteiger partial charge in [0.25, 0.3) is 0 Å². The molecule has 5 nitrogen and oxygen atoms in total. The number of methoxy groups -OCH3 is 1. The Kier molecular flexibility index (Phi) is 5.97. The number of pyridine rings is 1. The average molecular weight is 317 g/mol. The Morgan fingerprint density at radius 3 is 2.73 bits per heavy atom. The van der Waals surface area contributed by atoms with Gasteiger partial charge in [-0.05, 0) is 43.4 Å². The van der Waals surface area contributed by atoms with E-state index in [0.29, 0.717) is 23.3 Å². The number of rotatable bonds is 6. The van der Waals surface area contributed by atoms with Crippen molar-refractivity contribution in [3.8, 4) is 11.5 Å². The van der Waals surface area contributed by atoms with Crippen molar-refractivity contribution in [2.24, 2.45) is 0 Å². The van der Waals surface area contributed by atoms with Gasteiger partial charge >= 0.3 is 0 Å². The van der Waals surface area contributed by atoms with Gasteiger partial charge in [0.05, 0.1) is 13.2 Å². The molecular weight excluding hydrogens is 298 g/mol. The van der Waals surface area contributed by atoms with E-state index in [0.717, 1.165) is 5.75 Å². The predicted octanol–water partition coefficient (Wildman–Crippen LogP) is 2.84. The summed E-state index contributed by atoms with van der Waals surface area (Å²) >= 11 is 5.28. The predicted molar refractivity (Wildman–Crippen MR) is 91.5 cm³/mol. The molecule has 0 fully saturated rings. The first-order valence-corrected chi connectivity index (χ1v) is 7.34. The molecule has 116 valence electrons. The Labute approximate surface area is 135 Å². The number of hydrogen-bond donors (Lipinski definition) is 2. The van der Waals surface area contributed by atoms with Gasteiger partial charge < -0.3 is 20.1 Å². The van der Waals surface area contributed by atoms with E-state index in [1.807, 2.05) is 43.3 Å². The summed E-state index contributed by atoms with van der Waals surface area (Å²) in [7, 11) is 1.59. The highest BCUT2D eigenvalue weighted by Crippen LogP contribution is 2.19. The highest BCUT2D eigenvalue weighted by Gasteiger charge is 2.08. The van der Waals surface area contributed by atoms with Crippen molar-refractivity contribution in [1.29, 1.82) is 0 Å². The monoisotopic (exact) mass is 317 g/mol. The van der Waals surface area contributed by atoms with E-state index in [4.69, 9.17) is 21.7 Å². The van der Waals surface area contributed by atoms with Crippen LogP contribution in [0.25, 0.3) is 0 Å². The van der Waals surface area contributed by atoms with Crippen molar-refractivity contribution in [2.75, 3.05) is 19.0 Å². The van der Waals surface area contributed by atoms with Crippen LogP contribution in [0.1, 0.15) is 6.92 Å². The van der Waals surface area contributed by atoms with Crippen LogP contribution in [0.3, 0.4) is 0 Å². The number of benzene rings is 1. The van der Waals surface area contributed by atoms with Gasteiger partial charge in [-0.2, -0.15) is 0 Å². The lowest BCUT2D eigenvalue weighted by Gasteiger charge is -2.18. The zero-order valence-corrected chi connectivity index (χ0v) is 13.4. The fourth-order valence-corrected chi connectivity index (χ4v) is 2.09. The summed E-state index contributed by atoms with van der Waals surface area (Å²) in [5, 5.41) is 6.64. The smallest absolute Gasteiger partial charge is 0.174 e. The lowest BCUT2D eigenvalue weighted by atomic mass is 10.3. The normalized spacial score (nSPS) is 11.4. The molecular formula is C16H19N3O2S. The van der Waals surface area contributed by atoms with Crippen LogP contribution >= 0.6 is 12.2 Å². The number of anilines is 1. The minimum Gasteiger partial charge on any atom is -0.493 e. The van der Waals surface area contributed by atoms with Crippen molar-refractivity contribution in [1.82, 2.24) is 10.3 Å². The standard InChI is InChI=1S/C16H19N3O2S/c1-12(11-21-13-7-4-3-5-8-13)18-16(22)19-15-14(20-2)9-6-10-17-15/h3-10,12H,11H2,1-2H3,(H2,17,18,19,22)/t12-/m0/s1. The van der Waals surface area contributed by atoms with E-state index in [1.54, 1.807) is 19.4 Å². The summed E-state index contributed by atoms with van der Waals surface area (Å²) in [6.07, 6.45) is 1.68. The molecule has 1 aromatic heterocycles. The molecule has 0 aliphatic carbocycles. The second kappa shape index (κ2) is 8.19. The van der Waals surface area contributed by atoms with Gasteiger partial charge in [-0.15, -0.1) is 0 Å². The van der Waals surface area contributed by atoms with E-state index in [9.17, 15) is 0 Å². The fraction of sp³-hybridized carbons (Fsp3) is 0.250. The number of nitrogens with one attached hydrogen (secondary N) is 2. The zero-order valence-electron chi connectivity index (χ0n) is 12.6. The van der Waals surface area contributed by atoms with Crippen LogP contribution in [0.4, 0.5) is 5.82 Å². The number of hydrogen-bond acceptors (Lipinski definition) is 4. The highest BCUT2D eigenvalue weighted by atomic mass is 32.1. The topological polar surface area (TPSA) is 55.4 Å². The van der Waals surface area contributed by atoms with Crippen molar-refractivity contribution < 1.29 is 9.47 Å². The zero-order chi connectivity index (χ0) is 15.8. The molecule has 0 aliphatic heterocycles. The third-order valence-electron chi connectivity index (χ3n) is 2.84. The molecule has 2 rings (SSSR count). The minimum absolute atomic E-state index is 0.0508. The third kappa shape index (κ3) is 4.89. The van der Waals surface area contributed by atoms with Gasteiger partial charge in [0.15, 0.2) is 16.7 Å². The number of ether oxygens (including phenoxy) is 2. The minimum atomic E-state index is 0.0508. The van der Waals surface area contributed by atoms with E-state index in [-0.39, 0.29) is 6.04 Å². The lowest BCUT2D eigenvalue weighted by Crippen LogP contribution is -2.39. The number of para-hydroxylation sites is 1. The second-order valence-corrected chi connectivity index (χ2v) is 5.09. The summed E-state index contributed by atoms with van der Waals surface area (Å²) in [5.41, 5.74) is 0. The molecule has 1 heterocycles. The second-order valence-electron chi connectivity index (χ2n) is 4.68. The van der Waals surface area contributed by atoms with Crippen molar-refractivity contribution in [3.05, 3.63) is 48.7 Å². The summed E-state index contributed by atoms with van der Waals surface area (Å²) in [5.74, 6) is 2.06.